The lowest BCUT2D eigenvalue weighted by Gasteiger charge is -2.21. The van der Waals surface area contributed by atoms with Crippen molar-refractivity contribution < 1.29 is 4.79 Å². The number of aromatic amines is 1. The van der Waals surface area contributed by atoms with Gasteiger partial charge in [0.2, 0.25) is 0 Å². The van der Waals surface area contributed by atoms with E-state index in [1.54, 1.807) is 0 Å². The minimum atomic E-state index is -0.108. The van der Waals surface area contributed by atoms with Crippen LogP contribution in [-0.4, -0.2) is 33.4 Å². The molecular weight excluding hydrogens is 464 g/mol. The first-order valence-corrected chi connectivity index (χ1v) is 12.9. The standard InChI is InChI=1S/C27H31ClN4OS/c1-18(2)19(3)30-27(33)25-17-34-26(31-25)16-32(15-20-7-6-8-22(28)13-20)12-11-21-14-29-24-10-5-4-9-23(21)24/h4-10,13-14,17-19,29H,11-12,15-16H2,1-3H3,(H,30,33). The summed E-state index contributed by atoms with van der Waals surface area (Å²) in [5.41, 5.74) is 4.11. The predicted octanol–water partition coefficient (Wildman–Crippen LogP) is 6.30. The second kappa shape index (κ2) is 11.2. The minimum Gasteiger partial charge on any atom is -0.361 e. The van der Waals surface area contributed by atoms with E-state index < -0.39 is 0 Å². The average molecular weight is 495 g/mol. The van der Waals surface area contributed by atoms with Gasteiger partial charge in [0.05, 0.1) is 6.54 Å². The highest BCUT2D eigenvalue weighted by Gasteiger charge is 2.17. The van der Waals surface area contributed by atoms with Crippen molar-refractivity contribution in [1.29, 1.82) is 0 Å². The van der Waals surface area contributed by atoms with Gasteiger partial charge in [0.15, 0.2) is 0 Å². The molecule has 2 aromatic heterocycles. The van der Waals surface area contributed by atoms with Crippen LogP contribution in [0.5, 0.6) is 0 Å². The largest absolute Gasteiger partial charge is 0.361 e. The number of H-pyrrole nitrogens is 1. The molecular formula is C27H31ClN4OS. The SMILES string of the molecule is CC(C)C(C)NC(=O)c1csc(CN(CCc2c[nH]c3ccccc23)Cc2cccc(Cl)c2)n1. The number of carbonyl (C=O) groups is 1. The molecule has 0 bridgehead atoms. The molecule has 0 saturated carbocycles. The summed E-state index contributed by atoms with van der Waals surface area (Å²) in [6.45, 7) is 8.51. The Bertz CT molecular complexity index is 1250. The lowest BCUT2D eigenvalue weighted by molar-refractivity contribution is 0.0925. The van der Waals surface area contributed by atoms with Crippen LogP contribution in [-0.2, 0) is 19.5 Å². The highest BCUT2D eigenvalue weighted by Crippen LogP contribution is 2.21. The molecule has 0 spiro atoms. The monoisotopic (exact) mass is 494 g/mol. The van der Waals surface area contributed by atoms with Gasteiger partial charge in [-0.2, -0.15) is 0 Å². The summed E-state index contributed by atoms with van der Waals surface area (Å²) in [7, 11) is 0. The van der Waals surface area contributed by atoms with Gasteiger partial charge in [-0.1, -0.05) is 55.8 Å². The van der Waals surface area contributed by atoms with Gasteiger partial charge in [-0.15, -0.1) is 11.3 Å². The molecule has 0 saturated heterocycles. The Morgan fingerprint density at radius 1 is 1.15 bits per heavy atom. The van der Waals surface area contributed by atoms with E-state index in [2.05, 4.69) is 64.5 Å². The van der Waals surface area contributed by atoms with E-state index in [0.29, 0.717) is 18.2 Å². The fraction of sp³-hybridized carbons (Fsp3) is 0.333. The van der Waals surface area contributed by atoms with E-state index in [-0.39, 0.29) is 11.9 Å². The summed E-state index contributed by atoms with van der Waals surface area (Å²) in [6.07, 6.45) is 3.01. The highest BCUT2D eigenvalue weighted by molar-refractivity contribution is 7.09. The third-order valence-corrected chi connectivity index (χ3v) is 7.24. The van der Waals surface area contributed by atoms with Crippen molar-refractivity contribution in [3.63, 3.8) is 0 Å². The number of amides is 1. The zero-order valence-corrected chi connectivity index (χ0v) is 21.4. The van der Waals surface area contributed by atoms with Gasteiger partial charge < -0.3 is 10.3 Å². The molecule has 2 N–H and O–H groups in total. The normalized spacial score (nSPS) is 12.5. The Morgan fingerprint density at radius 3 is 2.76 bits per heavy atom. The molecule has 1 atom stereocenters. The van der Waals surface area contributed by atoms with Gasteiger partial charge in [0, 0.05) is 46.6 Å². The maximum Gasteiger partial charge on any atom is 0.270 e. The van der Waals surface area contributed by atoms with Crippen molar-refractivity contribution in [2.45, 2.75) is 46.3 Å². The fourth-order valence-corrected chi connectivity index (χ4v) is 4.88. The van der Waals surface area contributed by atoms with Gasteiger partial charge in [0.25, 0.3) is 5.91 Å². The van der Waals surface area contributed by atoms with E-state index >= 15 is 0 Å². The van der Waals surface area contributed by atoms with Crippen LogP contribution in [0.25, 0.3) is 10.9 Å². The molecule has 2 heterocycles. The second-order valence-electron chi connectivity index (χ2n) is 9.08. The van der Waals surface area contributed by atoms with Crippen LogP contribution in [0, 0.1) is 5.92 Å². The number of nitrogens with zero attached hydrogens (tertiary/aromatic N) is 2. The predicted molar refractivity (Wildman–Crippen MR) is 141 cm³/mol. The first kappa shape index (κ1) is 24.5. The Hall–Kier alpha value is -2.67. The summed E-state index contributed by atoms with van der Waals surface area (Å²) in [5, 5.41) is 7.83. The smallest absolute Gasteiger partial charge is 0.270 e. The van der Waals surface area contributed by atoms with E-state index in [0.717, 1.165) is 40.6 Å². The zero-order valence-electron chi connectivity index (χ0n) is 19.8. The Morgan fingerprint density at radius 2 is 1.97 bits per heavy atom. The van der Waals surface area contributed by atoms with Crippen molar-refractivity contribution in [1.82, 2.24) is 20.2 Å². The van der Waals surface area contributed by atoms with Gasteiger partial charge in [0.1, 0.15) is 10.7 Å². The molecule has 2 aromatic carbocycles. The molecule has 0 aliphatic rings. The van der Waals surface area contributed by atoms with Crippen molar-refractivity contribution in [2.75, 3.05) is 6.54 Å². The van der Waals surface area contributed by atoms with Gasteiger partial charge in [-0.05, 0) is 48.6 Å². The molecule has 178 valence electrons. The number of aromatic nitrogens is 2. The van der Waals surface area contributed by atoms with Crippen LogP contribution in [0.2, 0.25) is 5.02 Å². The highest BCUT2D eigenvalue weighted by atomic mass is 35.5. The number of carbonyl (C=O) groups excluding carboxylic acids is 1. The third kappa shape index (κ3) is 6.26. The summed E-state index contributed by atoms with van der Waals surface area (Å²) in [4.78, 5) is 23.0. The molecule has 7 heteroatoms. The molecule has 0 radical (unpaired) electrons. The quantitative estimate of drug-likeness (QED) is 0.272. The van der Waals surface area contributed by atoms with Crippen LogP contribution < -0.4 is 5.32 Å². The van der Waals surface area contributed by atoms with Gasteiger partial charge >= 0.3 is 0 Å². The molecule has 1 unspecified atom stereocenters. The maximum atomic E-state index is 12.6. The van der Waals surface area contributed by atoms with Gasteiger partial charge in [-0.25, -0.2) is 4.98 Å². The fourth-order valence-electron chi connectivity index (χ4n) is 3.85. The Labute approximate surface area is 210 Å². The number of rotatable bonds is 10. The minimum absolute atomic E-state index is 0.105. The van der Waals surface area contributed by atoms with Gasteiger partial charge in [-0.3, -0.25) is 9.69 Å². The average Bonchev–Trinajstić information content (AvgIpc) is 3.44. The van der Waals surface area contributed by atoms with Crippen LogP contribution >= 0.6 is 22.9 Å². The van der Waals surface area contributed by atoms with Crippen LogP contribution in [0.15, 0.2) is 60.1 Å². The van der Waals surface area contributed by atoms with E-state index in [1.807, 2.05) is 36.6 Å². The lowest BCUT2D eigenvalue weighted by Crippen LogP contribution is -2.36. The summed E-state index contributed by atoms with van der Waals surface area (Å²) >= 11 is 7.77. The lowest BCUT2D eigenvalue weighted by atomic mass is 10.1. The number of halogens is 1. The molecule has 4 rings (SSSR count). The first-order valence-electron chi connectivity index (χ1n) is 11.7. The number of thiazole rings is 1. The van der Waals surface area contributed by atoms with Crippen molar-refractivity contribution in [3.8, 4) is 0 Å². The van der Waals surface area contributed by atoms with E-state index in [9.17, 15) is 4.79 Å². The maximum absolute atomic E-state index is 12.6. The molecule has 4 aromatic rings. The summed E-state index contributed by atoms with van der Waals surface area (Å²) in [5.74, 6) is 0.267. The zero-order chi connectivity index (χ0) is 24.1. The van der Waals surface area contributed by atoms with Crippen LogP contribution in [0.4, 0.5) is 0 Å². The topological polar surface area (TPSA) is 61.0 Å². The molecule has 0 fully saturated rings. The van der Waals surface area contributed by atoms with E-state index in [4.69, 9.17) is 11.6 Å². The molecule has 0 aliphatic heterocycles. The second-order valence-corrected chi connectivity index (χ2v) is 10.5. The number of hydrogen-bond acceptors (Lipinski definition) is 4. The molecule has 0 aliphatic carbocycles. The van der Waals surface area contributed by atoms with Crippen molar-refractivity contribution in [3.05, 3.63) is 87.0 Å². The third-order valence-electron chi connectivity index (χ3n) is 6.17. The number of nitrogens with one attached hydrogen (secondary N) is 2. The number of para-hydroxylation sites is 1. The Balaban J connectivity index is 1.48. The van der Waals surface area contributed by atoms with Crippen LogP contribution in [0.1, 0.15) is 47.4 Å². The van der Waals surface area contributed by atoms with E-state index in [1.165, 1.54) is 22.3 Å². The number of benzene rings is 2. The van der Waals surface area contributed by atoms with Crippen molar-refractivity contribution in [2.24, 2.45) is 5.92 Å². The van der Waals surface area contributed by atoms with Crippen molar-refractivity contribution >= 4 is 39.7 Å². The molecule has 34 heavy (non-hydrogen) atoms. The summed E-state index contributed by atoms with van der Waals surface area (Å²) in [6, 6.07) is 16.5. The Kier molecular flexibility index (Phi) is 8.03. The number of hydrogen-bond donors (Lipinski definition) is 2. The molecule has 5 nitrogen and oxygen atoms in total. The summed E-state index contributed by atoms with van der Waals surface area (Å²) < 4.78 is 0. The molecule has 1 amide bonds. The first-order chi connectivity index (χ1) is 16.4. The van der Waals surface area contributed by atoms with Crippen LogP contribution in [0.3, 0.4) is 0 Å². The number of fused-ring (bicyclic) bond motifs is 1.